The van der Waals surface area contributed by atoms with Crippen molar-refractivity contribution in [2.45, 2.75) is 6.42 Å². The lowest BCUT2D eigenvalue weighted by atomic mass is 10.4. The molecule has 0 unspecified atom stereocenters. The van der Waals surface area contributed by atoms with Gasteiger partial charge in [0.1, 0.15) is 0 Å². The maximum absolute atomic E-state index is 3.63. The highest BCUT2D eigenvalue weighted by atomic mass is 32.2. The average molecular weight is 140 g/mol. The quantitative estimate of drug-likeness (QED) is 0.553. The van der Waals surface area contributed by atoms with Gasteiger partial charge in [-0.2, -0.15) is 0 Å². The van der Waals surface area contributed by atoms with Crippen molar-refractivity contribution in [2.75, 3.05) is 5.88 Å². The Labute approximate surface area is 60.4 Å². The predicted molar refractivity (Wildman–Crippen MR) is 42.6 cm³/mol. The van der Waals surface area contributed by atoms with Gasteiger partial charge in [0.25, 0.3) is 0 Å². The van der Waals surface area contributed by atoms with Crippen molar-refractivity contribution in [1.29, 1.82) is 0 Å². The normalized spacial score (nSPS) is 16.7. The fourth-order valence-electron chi connectivity index (χ4n) is 0.617. The highest BCUT2D eigenvalue weighted by Gasteiger charge is 2.01. The molecule has 2 heteroatoms. The molecule has 1 heterocycles. The molecule has 0 aromatic rings. The molecule has 1 radical (unpaired) electrons. The van der Waals surface area contributed by atoms with Crippen molar-refractivity contribution >= 4 is 11.8 Å². The van der Waals surface area contributed by atoms with E-state index < -0.39 is 0 Å². The Morgan fingerprint density at radius 2 is 2.67 bits per heavy atom. The van der Waals surface area contributed by atoms with Crippen LogP contribution in [0.1, 0.15) is 6.42 Å². The minimum Gasteiger partial charge on any atom is -0.362 e. The molecule has 0 atom stereocenters. The van der Waals surface area contributed by atoms with Crippen LogP contribution >= 0.6 is 11.8 Å². The summed E-state index contributed by atoms with van der Waals surface area (Å²) < 4.78 is 0. The smallest absolute Gasteiger partial charge is 0.0679 e. The lowest BCUT2D eigenvalue weighted by molar-refractivity contribution is 0.534. The zero-order chi connectivity index (χ0) is 6.53. The molecule has 0 saturated carbocycles. The number of hydrogen-bond acceptors (Lipinski definition) is 2. The molecule has 9 heavy (non-hydrogen) atoms. The molecule has 0 spiro atoms. The van der Waals surface area contributed by atoms with Gasteiger partial charge in [0, 0.05) is 6.20 Å². The zero-order valence-corrected chi connectivity index (χ0v) is 6.10. The van der Waals surface area contributed by atoms with Crippen LogP contribution in [0.5, 0.6) is 0 Å². The van der Waals surface area contributed by atoms with Crippen LogP contribution in [-0.2, 0) is 0 Å². The largest absolute Gasteiger partial charge is 0.362 e. The van der Waals surface area contributed by atoms with Crippen molar-refractivity contribution < 1.29 is 0 Å². The lowest BCUT2D eigenvalue weighted by Gasteiger charge is -2.10. The third-order valence-electron chi connectivity index (χ3n) is 1.08. The fraction of sp³-hybridized carbons (Fsp3) is 0.286. The maximum Gasteiger partial charge on any atom is 0.0679 e. The average Bonchev–Trinajstić information content (AvgIpc) is 2.34. The number of nitrogens with zero attached hydrogens (tertiary/aromatic N) is 1. The Morgan fingerprint density at radius 1 is 1.78 bits per heavy atom. The van der Waals surface area contributed by atoms with Gasteiger partial charge in [0.05, 0.1) is 12.4 Å². The summed E-state index contributed by atoms with van der Waals surface area (Å²) in [5, 5.41) is 2.10. The Hall–Kier alpha value is -0.370. The van der Waals surface area contributed by atoms with Crippen LogP contribution in [0.3, 0.4) is 0 Å². The van der Waals surface area contributed by atoms with E-state index in [0.717, 1.165) is 12.3 Å². The van der Waals surface area contributed by atoms with E-state index in [-0.39, 0.29) is 0 Å². The van der Waals surface area contributed by atoms with Gasteiger partial charge in [-0.1, -0.05) is 6.08 Å². The van der Waals surface area contributed by atoms with Crippen LogP contribution in [-0.4, -0.2) is 10.8 Å². The first kappa shape index (κ1) is 6.75. The highest BCUT2D eigenvalue weighted by molar-refractivity contribution is 8.02. The Balaban J connectivity index is 2.12. The van der Waals surface area contributed by atoms with Gasteiger partial charge in [-0.05, 0) is 11.8 Å². The molecule has 0 bridgehead atoms. The molecule has 1 aliphatic heterocycles. The molecule has 0 aromatic carbocycles. The maximum atomic E-state index is 3.63. The van der Waals surface area contributed by atoms with Crippen molar-refractivity contribution in [1.82, 2.24) is 4.90 Å². The second kappa shape index (κ2) is 3.62. The summed E-state index contributed by atoms with van der Waals surface area (Å²) in [6.45, 7) is 5.76. The zero-order valence-electron chi connectivity index (χ0n) is 5.29. The van der Waals surface area contributed by atoms with Gasteiger partial charge in [-0.3, -0.25) is 0 Å². The van der Waals surface area contributed by atoms with E-state index >= 15 is 0 Å². The Morgan fingerprint density at radius 3 is 3.22 bits per heavy atom. The van der Waals surface area contributed by atoms with Gasteiger partial charge in [-0.25, -0.2) is 0 Å². The third-order valence-corrected chi connectivity index (χ3v) is 1.84. The lowest BCUT2D eigenvalue weighted by Crippen LogP contribution is -2.07. The van der Waals surface area contributed by atoms with Gasteiger partial charge in [0.2, 0.25) is 0 Å². The van der Waals surface area contributed by atoms with E-state index in [1.807, 2.05) is 17.8 Å². The van der Waals surface area contributed by atoms with E-state index in [2.05, 4.69) is 29.6 Å². The molecule has 0 amide bonds. The molecule has 0 aromatic heterocycles. The summed E-state index contributed by atoms with van der Waals surface area (Å²) in [6, 6.07) is 0. The van der Waals surface area contributed by atoms with Crippen LogP contribution in [0.25, 0.3) is 0 Å². The van der Waals surface area contributed by atoms with Crippen molar-refractivity contribution in [2.24, 2.45) is 0 Å². The summed E-state index contributed by atoms with van der Waals surface area (Å²) in [7, 11) is 0. The molecule has 0 fully saturated rings. The Kier molecular flexibility index (Phi) is 2.71. The molecule has 1 aliphatic rings. The third kappa shape index (κ3) is 2.14. The standard InChI is InChI=1S/C7H10NS/c1-2-3-4-8-5-6-9-7-8/h2,4-6H,1,3,7H2. The molecule has 1 rings (SSSR count). The summed E-state index contributed by atoms with van der Waals surface area (Å²) in [4.78, 5) is 2.16. The van der Waals surface area contributed by atoms with Crippen molar-refractivity contribution in [3.8, 4) is 0 Å². The van der Waals surface area contributed by atoms with Crippen LogP contribution in [0.15, 0.2) is 24.3 Å². The summed E-state index contributed by atoms with van der Waals surface area (Å²) in [6.07, 6.45) is 4.94. The molecule has 0 saturated heterocycles. The summed E-state index contributed by atoms with van der Waals surface area (Å²) >= 11 is 1.81. The number of thioether (sulfide) groups is 1. The van der Waals surface area contributed by atoms with Gasteiger partial charge in [-0.15, -0.1) is 18.3 Å². The minimum atomic E-state index is 0.963. The van der Waals surface area contributed by atoms with E-state index in [9.17, 15) is 0 Å². The van der Waals surface area contributed by atoms with Gasteiger partial charge >= 0.3 is 0 Å². The number of rotatable bonds is 3. The first-order valence-corrected chi connectivity index (χ1v) is 3.96. The van der Waals surface area contributed by atoms with Crippen LogP contribution < -0.4 is 0 Å². The molecule has 0 N–H and O–H groups in total. The van der Waals surface area contributed by atoms with E-state index in [1.54, 1.807) is 0 Å². The fourth-order valence-corrected chi connectivity index (χ4v) is 1.31. The molecular weight excluding hydrogens is 130 g/mol. The van der Waals surface area contributed by atoms with Crippen LogP contribution in [0.2, 0.25) is 0 Å². The van der Waals surface area contributed by atoms with Crippen molar-refractivity contribution in [3.05, 3.63) is 30.8 Å². The Bertz CT molecular complexity index is 120. The summed E-state index contributed by atoms with van der Waals surface area (Å²) in [5.41, 5.74) is 0. The van der Waals surface area contributed by atoms with Gasteiger partial charge in [0.15, 0.2) is 0 Å². The topological polar surface area (TPSA) is 3.24 Å². The summed E-state index contributed by atoms with van der Waals surface area (Å²) in [5.74, 6) is 1.06. The minimum absolute atomic E-state index is 0.963. The van der Waals surface area contributed by atoms with Crippen LogP contribution in [0, 0.1) is 6.54 Å². The van der Waals surface area contributed by atoms with Crippen LogP contribution in [0.4, 0.5) is 0 Å². The first-order valence-electron chi connectivity index (χ1n) is 2.92. The van der Waals surface area contributed by atoms with E-state index in [0.29, 0.717) is 0 Å². The first-order chi connectivity index (χ1) is 4.43. The second-order valence-electron chi connectivity index (χ2n) is 1.80. The van der Waals surface area contributed by atoms with Crippen molar-refractivity contribution in [3.63, 3.8) is 0 Å². The molecule has 1 nitrogen and oxygen atoms in total. The predicted octanol–water partition coefficient (Wildman–Crippen LogP) is 2.20. The highest BCUT2D eigenvalue weighted by Crippen LogP contribution is 2.16. The second-order valence-corrected chi connectivity index (χ2v) is 2.67. The molecule has 49 valence electrons. The molecule has 0 aliphatic carbocycles. The van der Waals surface area contributed by atoms with Gasteiger partial charge < -0.3 is 4.90 Å². The number of hydrogen-bond donors (Lipinski definition) is 0. The van der Waals surface area contributed by atoms with E-state index in [1.165, 1.54) is 0 Å². The monoisotopic (exact) mass is 140 g/mol. The molecular formula is C7H10NS. The SMILES string of the molecule is C=CC[CH]N1C=CSC1. The van der Waals surface area contributed by atoms with E-state index in [4.69, 9.17) is 0 Å².